The van der Waals surface area contributed by atoms with Gasteiger partial charge in [0.25, 0.3) is 0 Å². The summed E-state index contributed by atoms with van der Waals surface area (Å²) in [5.41, 5.74) is 4.34. The quantitative estimate of drug-likeness (QED) is 0.731. The molecule has 0 unspecified atom stereocenters. The maximum absolute atomic E-state index is 12.4. The Morgan fingerprint density at radius 2 is 1.85 bits per heavy atom. The van der Waals surface area contributed by atoms with Gasteiger partial charge in [-0.05, 0) is 55.6 Å². The standard InChI is InChI=1S/C22H30N2O3/c1-6-18-9-7-8-16(2)22(18)23-21(25)15-24(3)13-12-17-10-11-19(26-4)20(14-17)27-5/h7-11,14H,6,12-13,15H2,1-5H3,(H,23,25). The SMILES string of the molecule is CCc1cccc(C)c1NC(=O)CN(C)CCc1ccc(OC)c(OC)c1. The summed E-state index contributed by atoms with van der Waals surface area (Å²) in [5.74, 6) is 1.45. The third kappa shape index (κ3) is 5.73. The van der Waals surface area contributed by atoms with Crippen LogP contribution < -0.4 is 14.8 Å². The van der Waals surface area contributed by atoms with Crippen LogP contribution in [0.5, 0.6) is 11.5 Å². The van der Waals surface area contributed by atoms with Gasteiger partial charge in [-0.2, -0.15) is 0 Å². The van der Waals surface area contributed by atoms with Crippen LogP contribution >= 0.6 is 0 Å². The Labute approximate surface area is 162 Å². The Morgan fingerprint density at radius 1 is 1.11 bits per heavy atom. The molecule has 1 amide bonds. The molecule has 27 heavy (non-hydrogen) atoms. The van der Waals surface area contributed by atoms with E-state index in [2.05, 4.69) is 18.3 Å². The van der Waals surface area contributed by atoms with E-state index in [0.717, 1.165) is 53.3 Å². The maximum Gasteiger partial charge on any atom is 0.238 e. The van der Waals surface area contributed by atoms with E-state index in [1.807, 2.05) is 49.2 Å². The van der Waals surface area contributed by atoms with Crippen molar-refractivity contribution in [1.29, 1.82) is 0 Å². The Bertz CT molecular complexity index is 774. The van der Waals surface area contributed by atoms with Gasteiger partial charge in [-0.15, -0.1) is 0 Å². The van der Waals surface area contributed by atoms with Crippen LogP contribution in [0.15, 0.2) is 36.4 Å². The summed E-state index contributed by atoms with van der Waals surface area (Å²) in [4.78, 5) is 14.5. The van der Waals surface area contributed by atoms with E-state index in [0.29, 0.717) is 6.54 Å². The number of para-hydroxylation sites is 1. The summed E-state index contributed by atoms with van der Waals surface area (Å²) < 4.78 is 10.6. The molecule has 2 rings (SSSR count). The van der Waals surface area contributed by atoms with Crippen molar-refractivity contribution in [1.82, 2.24) is 4.90 Å². The highest BCUT2D eigenvalue weighted by molar-refractivity contribution is 5.93. The molecule has 146 valence electrons. The normalized spacial score (nSPS) is 10.7. The molecule has 0 radical (unpaired) electrons. The summed E-state index contributed by atoms with van der Waals surface area (Å²) in [7, 11) is 5.22. The smallest absolute Gasteiger partial charge is 0.238 e. The first-order chi connectivity index (χ1) is 13.0. The molecule has 0 saturated carbocycles. The van der Waals surface area contributed by atoms with Gasteiger partial charge in [-0.3, -0.25) is 9.69 Å². The highest BCUT2D eigenvalue weighted by Crippen LogP contribution is 2.27. The number of ether oxygens (including phenoxy) is 2. The maximum atomic E-state index is 12.4. The molecule has 0 spiro atoms. The van der Waals surface area contributed by atoms with Gasteiger partial charge in [0.15, 0.2) is 11.5 Å². The summed E-state index contributed by atoms with van der Waals surface area (Å²) >= 11 is 0. The largest absolute Gasteiger partial charge is 0.493 e. The summed E-state index contributed by atoms with van der Waals surface area (Å²) in [5, 5.41) is 3.08. The van der Waals surface area contributed by atoms with Gasteiger partial charge in [-0.25, -0.2) is 0 Å². The Balaban J connectivity index is 1.90. The molecule has 0 bridgehead atoms. The predicted octanol–water partition coefficient (Wildman–Crippen LogP) is 3.69. The van der Waals surface area contributed by atoms with Crippen molar-refractivity contribution in [2.24, 2.45) is 0 Å². The summed E-state index contributed by atoms with van der Waals surface area (Å²) in [6, 6.07) is 12.0. The number of aryl methyl sites for hydroxylation is 2. The van der Waals surface area contributed by atoms with Crippen molar-refractivity contribution in [3.8, 4) is 11.5 Å². The molecular weight excluding hydrogens is 340 g/mol. The molecular formula is C22H30N2O3. The minimum atomic E-state index is 0.00816. The number of carbonyl (C=O) groups is 1. The van der Waals surface area contributed by atoms with Crippen molar-refractivity contribution in [2.45, 2.75) is 26.7 Å². The molecule has 0 atom stereocenters. The first kappa shape index (κ1) is 20.8. The van der Waals surface area contributed by atoms with Gasteiger partial charge < -0.3 is 14.8 Å². The fourth-order valence-corrected chi connectivity index (χ4v) is 3.06. The highest BCUT2D eigenvalue weighted by Gasteiger charge is 2.11. The average molecular weight is 370 g/mol. The predicted molar refractivity (Wildman–Crippen MR) is 110 cm³/mol. The molecule has 5 heteroatoms. The van der Waals surface area contributed by atoms with Crippen LogP contribution in [0.4, 0.5) is 5.69 Å². The lowest BCUT2D eigenvalue weighted by Gasteiger charge is -2.18. The molecule has 0 aliphatic heterocycles. The zero-order valence-corrected chi connectivity index (χ0v) is 17.0. The van der Waals surface area contributed by atoms with Gasteiger partial charge >= 0.3 is 0 Å². The van der Waals surface area contributed by atoms with Crippen LogP contribution in [0, 0.1) is 6.92 Å². The number of carbonyl (C=O) groups excluding carboxylic acids is 1. The van der Waals surface area contributed by atoms with Crippen LogP contribution in [0.2, 0.25) is 0 Å². The van der Waals surface area contributed by atoms with Crippen LogP contribution in [-0.4, -0.2) is 45.2 Å². The van der Waals surface area contributed by atoms with Crippen molar-refractivity contribution in [3.63, 3.8) is 0 Å². The fourth-order valence-electron chi connectivity index (χ4n) is 3.06. The van der Waals surface area contributed by atoms with E-state index in [9.17, 15) is 4.79 Å². The van der Waals surface area contributed by atoms with E-state index in [4.69, 9.17) is 9.47 Å². The molecule has 0 aliphatic rings. The highest BCUT2D eigenvalue weighted by atomic mass is 16.5. The molecule has 0 aromatic heterocycles. The second kappa shape index (κ2) is 9.97. The van der Waals surface area contributed by atoms with Crippen LogP contribution in [0.25, 0.3) is 0 Å². The number of rotatable bonds is 9. The number of amides is 1. The summed E-state index contributed by atoms with van der Waals surface area (Å²) in [6.07, 6.45) is 1.72. The van der Waals surface area contributed by atoms with Crippen molar-refractivity contribution < 1.29 is 14.3 Å². The number of nitrogens with zero attached hydrogens (tertiary/aromatic N) is 1. The zero-order valence-electron chi connectivity index (χ0n) is 17.0. The molecule has 0 fully saturated rings. The molecule has 2 aromatic carbocycles. The molecule has 2 aromatic rings. The Kier molecular flexibility index (Phi) is 7.67. The number of nitrogens with one attached hydrogen (secondary N) is 1. The lowest BCUT2D eigenvalue weighted by Crippen LogP contribution is -2.32. The second-order valence-electron chi connectivity index (χ2n) is 6.69. The number of likely N-dealkylation sites (N-methyl/N-ethyl adjacent to an activating group) is 1. The Hall–Kier alpha value is -2.53. The monoisotopic (exact) mass is 370 g/mol. The molecule has 5 nitrogen and oxygen atoms in total. The van der Waals surface area contributed by atoms with Gasteiger partial charge in [0.1, 0.15) is 0 Å². The molecule has 0 saturated heterocycles. The first-order valence-electron chi connectivity index (χ1n) is 9.26. The van der Waals surface area contributed by atoms with E-state index in [1.165, 1.54) is 0 Å². The number of hydrogen-bond acceptors (Lipinski definition) is 4. The topological polar surface area (TPSA) is 50.8 Å². The molecule has 0 heterocycles. The Morgan fingerprint density at radius 3 is 2.52 bits per heavy atom. The van der Waals surface area contributed by atoms with Gasteiger partial charge in [0.05, 0.1) is 20.8 Å². The van der Waals surface area contributed by atoms with Gasteiger partial charge in [0, 0.05) is 12.2 Å². The van der Waals surface area contributed by atoms with Crippen LogP contribution in [0.3, 0.4) is 0 Å². The number of anilines is 1. The minimum Gasteiger partial charge on any atom is -0.493 e. The van der Waals surface area contributed by atoms with Crippen molar-refractivity contribution >= 4 is 11.6 Å². The average Bonchev–Trinajstić information content (AvgIpc) is 2.67. The van der Waals surface area contributed by atoms with Crippen LogP contribution in [-0.2, 0) is 17.6 Å². The fraction of sp³-hybridized carbons (Fsp3) is 0.409. The number of hydrogen-bond donors (Lipinski definition) is 1. The number of benzene rings is 2. The van der Waals surface area contributed by atoms with Gasteiger partial charge in [-0.1, -0.05) is 31.2 Å². The third-order valence-electron chi connectivity index (χ3n) is 4.65. The van der Waals surface area contributed by atoms with E-state index in [-0.39, 0.29) is 5.91 Å². The summed E-state index contributed by atoms with van der Waals surface area (Å²) in [6.45, 7) is 5.25. The van der Waals surface area contributed by atoms with Crippen LogP contribution in [0.1, 0.15) is 23.6 Å². The van der Waals surface area contributed by atoms with E-state index in [1.54, 1.807) is 14.2 Å². The first-order valence-corrected chi connectivity index (χ1v) is 9.26. The number of methoxy groups -OCH3 is 2. The van der Waals surface area contributed by atoms with E-state index < -0.39 is 0 Å². The zero-order chi connectivity index (χ0) is 19.8. The minimum absolute atomic E-state index is 0.00816. The lowest BCUT2D eigenvalue weighted by molar-refractivity contribution is -0.117. The second-order valence-corrected chi connectivity index (χ2v) is 6.69. The van der Waals surface area contributed by atoms with Crippen molar-refractivity contribution in [2.75, 3.05) is 39.7 Å². The molecule has 0 aliphatic carbocycles. The molecule has 1 N–H and O–H groups in total. The third-order valence-corrected chi connectivity index (χ3v) is 4.65. The lowest BCUT2D eigenvalue weighted by atomic mass is 10.1. The van der Waals surface area contributed by atoms with Gasteiger partial charge in [0.2, 0.25) is 5.91 Å². The van der Waals surface area contributed by atoms with Crippen molar-refractivity contribution in [3.05, 3.63) is 53.1 Å². The van der Waals surface area contributed by atoms with E-state index >= 15 is 0 Å².